The van der Waals surface area contributed by atoms with E-state index in [1.165, 1.54) is 31.5 Å². The maximum absolute atomic E-state index is 15.5. The number of halogens is 1. The minimum Gasteiger partial charge on any atom is -0.487 e. The molecule has 9 nitrogen and oxygen atoms in total. The van der Waals surface area contributed by atoms with Crippen molar-refractivity contribution >= 4 is 28.5 Å². The quantitative estimate of drug-likeness (QED) is 0.216. The SMILES string of the molecule is CCCCCCCCCC(=O)OCOC(=O)c1cn2c3c(c(N4CCN(C)CC4)c(F)cc3c1=O)OC[C@@H]2C. The Balaban J connectivity index is 1.44. The van der Waals surface area contributed by atoms with E-state index in [4.69, 9.17) is 14.2 Å². The molecule has 0 amide bonds. The van der Waals surface area contributed by atoms with Gasteiger partial charge in [-0.1, -0.05) is 45.4 Å². The molecule has 2 aliphatic rings. The van der Waals surface area contributed by atoms with Crippen molar-refractivity contribution in [3.63, 3.8) is 0 Å². The van der Waals surface area contributed by atoms with Crippen LogP contribution >= 0.6 is 0 Å². The predicted molar refractivity (Wildman–Crippen MR) is 147 cm³/mol. The Hall–Kier alpha value is -3.14. The van der Waals surface area contributed by atoms with Gasteiger partial charge in [0.2, 0.25) is 12.2 Å². The molecule has 1 aromatic carbocycles. The fraction of sp³-hybridized carbons (Fsp3) is 0.621. The number of carbonyl (C=O) groups excluding carboxylic acids is 2. The van der Waals surface area contributed by atoms with E-state index in [-0.39, 0.29) is 30.0 Å². The molecule has 0 bridgehead atoms. The van der Waals surface area contributed by atoms with Crippen LogP contribution in [0.1, 0.15) is 81.6 Å². The molecular weight excluding hydrogens is 505 g/mol. The predicted octanol–water partition coefficient (Wildman–Crippen LogP) is 4.64. The molecule has 1 saturated heterocycles. The topological polar surface area (TPSA) is 90.3 Å². The summed E-state index contributed by atoms with van der Waals surface area (Å²) in [5, 5.41) is 0.0531. The average Bonchev–Trinajstić information content (AvgIpc) is 2.91. The second kappa shape index (κ2) is 13.3. The van der Waals surface area contributed by atoms with Gasteiger partial charge in [-0.05, 0) is 26.5 Å². The number of pyridine rings is 1. The molecule has 2 aliphatic heterocycles. The first-order valence-corrected chi connectivity index (χ1v) is 14.1. The number of benzene rings is 1. The van der Waals surface area contributed by atoms with Gasteiger partial charge in [0.15, 0.2) is 11.6 Å². The van der Waals surface area contributed by atoms with E-state index >= 15 is 4.39 Å². The first-order chi connectivity index (χ1) is 18.8. The number of piperazine rings is 1. The molecule has 10 heteroatoms. The number of esters is 2. The van der Waals surface area contributed by atoms with Gasteiger partial charge in [0.1, 0.15) is 17.9 Å². The van der Waals surface area contributed by atoms with Gasteiger partial charge in [0.05, 0.1) is 16.9 Å². The second-order valence-electron chi connectivity index (χ2n) is 10.6. The molecule has 0 aliphatic carbocycles. The van der Waals surface area contributed by atoms with Gasteiger partial charge in [0.25, 0.3) is 0 Å². The second-order valence-corrected chi connectivity index (χ2v) is 10.6. The van der Waals surface area contributed by atoms with Crippen LogP contribution in [0.4, 0.5) is 10.1 Å². The Labute approximate surface area is 228 Å². The van der Waals surface area contributed by atoms with Crippen LogP contribution in [0.2, 0.25) is 0 Å². The molecule has 0 spiro atoms. The van der Waals surface area contributed by atoms with Crippen molar-refractivity contribution < 1.29 is 28.2 Å². The van der Waals surface area contributed by atoms with Crippen LogP contribution in [0, 0.1) is 5.82 Å². The van der Waals surface area contributed by atoms with Crippen LogP contribution in [0.5, 0.6) is 5.75 Å². The lowest BCUT2D eigenvalue weighted by Crippen LogP contribution is -2.45. The number of carbonyl (C=O) groups is 2. The average molecular weight is 546 g/mol. The molecule has 2 aromatic rings. The van der Waals surface area contributed by atoms with Gasteiger partial charge < -0.3 is 28.6 Å². The monoisotopic (exact) mass is 545 g/mol. The van der Waals surface area contributed by atoms with E-state index in [0.29, 0.717) is 30.0 Å². The Morgan fingerprint density at radius 1 is 1.05 bits per heavy atom. The van der Waals surface area contributed by atoms with Crippen molar-refractivity contribution in [2.24, 2.45) is 0 Å². The van der Waals surface area contributed by atoms with Crippen molar-refractivity contribution in [1.29, 1.82) is 0 Å². The lowest BCUT2D eigenvalue weighted by Gasteiger charge is -2.37. The summed E-state index contributed by atoms with van der Waals surface area (Å²) in [4.78, 5) is 42.2. The van der Waals surface area contributed by atoms with Crippen molar-refractivity contribution in [1.82, 2.24) is 9.47 Å². The molecule has 0 unspecified atom stereocenters. The summed E-state index contributed by atoms with van der Waals surface area (Å²) in [6.07, 6.45) is 9.25. The first kappa shape index (κ1) is 28.9. The van der Waals surface area contributed by atoms with Gasteiger partial charge in [-0.25, -0.2) is 9.18 Å². The number of nitrogens with zero attached hydrogens (tertiary/aromatic N) is 3. The highest BCUT2D eigenvalue weighted by atomic mass is 19.1. The van der Waals surface area contributed by atoms with Gasteiger partial charge in [0, 0.05) is 38.8 Å². The molecule has 214 valence electrons. The minimum absolute atomic E-state index is 0.0531. The smallest absolute Gasteiger partial charge is 0.346 e. The normalized spacial score (nSPS) is 17.2. The van der Waals surface area contributed by atoms with Crippen molar-refractivity contribution in [2.75, 3.05) is 51.5 Å². The lowest BCUT2D eigenvalue weighted by molar-refractivity contribution is -0.152. The molecular formula is C29H40FN3O6. The van der Waals surface area contributed by atoms with Crippen molar-refractivity contribution in [3.8, 4) is 5.75 Å². The molecule has 0 N–H and O–H groups in total. The van der Waals surface area contributed by atoms with E-state index in [2.05, 4.69) is 11.8 Å². The summed E-state index contributed by atoms with van der Waals surface area (Å²) in [5.41, 5.74) is -0.0777. The number of anilines is 1. The highest BCUT2D eigenvalue weighted by Gasteiger charge is 2.31. The van der Waals surface area contributed by atoms with E-state index < -0.39 is 30.0 Å². The van der Waals surface area contributed by atoms with E-state index in [1.807, 2.05) is 18.9 Å². The Morgan fingerprint density at radius 3 is 2.46 bits per heavy atom. The minimum atomic E-state index is -0.918. The van der Waals surface area contributed by atoms with Crippen LogP contribution in [-0.4, -0.2) is 68.0 Å². The zero-order valence-electron chi connectivity index (χ0n) is 23.3. The lowest BCUT2D eigenvalue weighted by atomic mass is 10.1. The molecule has 4 rings (SSSR count). The van der Waals surface area contributed by atoms with Gasteiger partial charge in [-0.15, -0.1) is 0 Å². The van der Waals surface area contributed by atoms with Crippen molar-refractivity contribution in [3.05, 3.63) is 33.9 Å². The summed E-state index contributed by atoms with van der Waals surface area (Å²) >= 11 is 0. The number of hydrogen-bond donors (Lipinski definition) is 0. The maximum atomic E-state index is 15.5. The molecule has 39 heavy (non-hydrogen) atoms. The van der Waals surface area contributed by atoms with E-state index in [0.717, 1.165) is 38.8 Å². The van der Waals surface area contributed by atoms with Crippen LogP contribution in [-0.2, 0) is 14.3 Å². The highest BCUT2D eigenvalue weighted by molar-refractivity contribution is 5.98. The number of hydrogen-bond acceptors (Lipinski definition) is 8. The molecule has 1 atom stereocenters. The zero-order valence-corrected chi connectivity index (χ0v) is 23.3. The summed E-state index contributed by atoms with van der Waals surface area (Å²) in [6, 6.07) is 0.990. The van der Waals surface area contributed by atoms with Crippen molar-refractivity contribution in [2.45, 2.75) is 71.3 Å². The van der Waals surface area contributed by atoms with Crippen LogP contribution in [0.3, 0.4) is 0 Å². The Bertz CT molecular complexity index is 1240. The third-order valence-corrected chi connectivity index (χ3v) is 7.58. The number of ether oxygens (including phenoxy) is 3. The largest absolute Gasteiger partial charge is 0.487 e. The highest BCUT2D eigenvalue weighted by Crippen LogP contribution is 2.42. The summed E-state index contributed by atoms with van der Waals surface area (Å²) in [5.74, 6) is -1.61. The number of rotatable bonds is 12. The van der Waals surface area contributed by atoms with Gasteiger partial charge in [-0.3, -0.25) is 9.59 Å². The van der Waals surface area contributed by atoms with Crippen LogP contribution in [0.15, 0.2) is 17.1 Å². The standard InChI is InChI=1S/C29H40FN3O6/c1-4-5-6-7-8-9-10-11-24(34)38-19-39-29(36)22-17-33-20(2)18-37-28-25(33)21(27(22)35)16-23(30)26(28)32-14-12-31(3)13-15-32/h16-17,20H,4-15,18-19H2,1-3H3/t20-/m0/s1. The summed E-state index contributed by atoms with van der Waals surface area (Å²) in [6.45, 7) is 6.60. The van der Waals surface area contributed by atoms with Crippen LogP contribution in [0.25, 0.3) is 10.9 Å². The molecule has 1 aromatic heterocycles. The van der Waals surface area contributed by atoms with E-state index in [1.54, 1.807) is 4.57 Å². The third-order valence-electron chi connectivity index (χ3n) is 7.58. The van der Waals surface area contributed by atoms with E-state index in [9.17, 15) is 14.4 Å². The summed E-state index contributed by atoms with van der Waals surface area (Å²) < 4.78 is 33.4. The fourth-order valence-corrected chi connectivity index (χ4v) is 5.21. The Morgan fingerprint density at radius 2 is 1.74 bits per heavy atom. The number of unbranched alkanes of at least 4 members (excludes halogenated alkanes) is 6. The zero-order chi connectivity index (χ0) is 27.9. The third kappa shape index (κ3) is 6.72. The molecule has 1 fully saturated rings. The Kier molecular flexibility index (Phi) is 9.83. The van der Waals surface area contributed by atoms with Gasteiger partial charge in [-0.2, -0.15) is 0 Å². The summed E-state index contributed by atoms with van der Waals surface area (Å²) in [7, 11) is 2.02. The van der Waals surface area contributed by atoms with Gasteiger partial charge >= 0.3 is 11.9 Å². The number of aromatic nitrogens is 1. The fourth-order valence-electron chi connectivity index (χ4n) is 5.21. The molecule has 0 saturated carbocycles. The maximum Gasteiger partial charge on any atom is 0.346 e. The number of likely N-dealkylation sites (N-methyl/N-ethyl adjacent to an activating group) is 1. The molecule has 0 radical (unpaired) electrons. The molecule has 3 heterocycles. The van der Waals surface area contributed by atoms with Crippen LogP contribution < -0.4 is 15.1 Å². The first-order valence-electron chi connectivity index (χ1n) is 14.1.